The third-order valence-electron chi connectivity index (χ3n) is 3.91. The van der Waals surface area contributed by atoms with Gasteiger partial charge in [0.15, 0.2) is 0 Å². The lowest BCUT2D eigenvalue weighted by Crippen LogP contribution is -2.46. The molecule has 4 nitrogen and oxygen atoms in total. The summed E-state index contributed by atoms with van der Waals surface area (Å²) < 4.78 is 0. The van der Waals surface area contributed by atoms with Gasteiger partial charge in [0, 0.05) is 38.0 Å². The van der Waals surface area contributed by atoms with E-state index in [1.165, 1.54) is 0 Å². The third kappa shape index (κ3) is 3.77. The lowest BCUT2D eigenvalue weighted by Gasteiger charge is -2.37. The van der Waals surface area contributed by atoms with E-state index in [1.54, 1.807) is 6.20 Å². The topological polar surface area (TPSA) is 53.4 Å². The third-order valence-corrected chi connectivity index (χ3v) is 3.91. The number of aryl methyl sites for hydroxylation is 1. The van der Waals surface area contributed by atoms with Crippen LogP contribution in [0.1, 0.15) is 31.7 Å². The molecule has 1 aromatic heterocycles. The van der Waals surface area contributed by atoms with E-state index in [4.69, 9.17) is 0 Å². The monoisotopic (exact) mass is 262 g/mol. The van der Waals surface area contributed by atoms with Gasteiger partial charge in [0.2, 0.25) is 5.91 Å². The van der Waals surface area contributed by atoms with E-state index in [2.05, 4.69) is 11.9 Å². The maximum absolute atomic E-state index is 12.3. The van der Waals surface area contributed by atoms with Gasteiger partial charge in [-0.25, -0.2) is 0 Å². The predicted molar refractivity (Wildman–Crippen MR) is 73.5 cm³/mol. The van der Waals surface area contributed by atoms with Crippen molar-refractivity contribution < 1.29 is 9.90 Å². The molecule has 0 spiro atoms. The molecule has 1 fully saturated rings. The fraction of sp³-hybridized carbons (Fsp3) is 0.600. The largest absolute Gasteiger partial charge is 0.396 e. The summed E-state index contributed by atoms with van der Waals surface area (Å²) in [7, 11) is 0. The van der Waals surface area contributed by atoms with Gasteiger partial charge in [0.1, 0.15) is 0 Å². The Hall–Kier alpha value is -1.42. The standard InChI is InChI=1S/C15H22N2O2/c1-12-4-5-14(11-18)10-17(12)15(19)7-6-13-3-2-8-16-9-13/h2-3,8-9,12,14,18H,4-7,10-11H2,1H3. The predicted octanol–water partition coefficient (Wildman–Crippen LogP) is 1.63. The van der Waals surface area contributed by atoms with Crippen molar-refractivity contribution in [1.29, 1.82) is 0 Å². The Morgan fingerprint density at radius 3 is 3.05 bits per heavy atom. The van der Waals surface area contributed by atoms with Crippen LogP contribution in [0.25, 0.3) is 0 Å². The fourth-order valence-electron chi connectivity index (χ4n) is 2.62. The number of aliphatic hydroxyl groups excluding tert-OH is 1. The number of nitrogens with zero attached hydrogens (tertiary/aromatic N) is 2. The number of likely N-dealkylation sites (tertiary alicyclic amines) is 1. The summed E-state index contributed by atoms with van der Waals surface area (Å²) in [5.41, 5.74) is 1.10. The number of rotatable bonds is 4. The summed E-state index contributed by atoms with van der Waals surface area (Å²) in [5.74, 6) is 0.438. The van der Waals surface area contributed by atoms with Gasteiger partial charge in [-0.05, 0) is 43.7 Å². The van der Waals surface area contributed by atoms with Gasteiger partial charge in [-0.3, -0.25) is 9.78 Å². The molecular formula is C15H22N2O2. The number of pyridine rings is 1. The van der Waals surface area contributed by atoms with Crippen LogP contribution >= 0.6 is 0 Å². The summed E-state index contributed by atoms with van der Waals surface area (Å²) in [5, 5.41) is 9.24. The van der Waals surface area contributed by atoms with Crippen molar-refractivity contribution in [3.8, 4) is 0 Å². The van der Waals surface area contributed by atoms with Crippen molar-refractivity contribution in [2.24, 2.45) is 5.92 Å². The quantitative estimate of drug-likeness (QED) is 0.897. The number of aromatic nitrogens is 1. The Morgan fingerprint density at radius 1 is 1.53 bits per heavy atom. The molecule has 1 saturated heterocycles. The van der Waals surface area contributed by atoms with Gasteiger partial charge < -0.3 is 10.0 Å². The van der Waals surface area contributed by atoms with Crippen LogP contribution in [-0.2, 0) is 11.2 Å². The highest BCUT2D eigenvalue weighted by molar-refractivity contribution is 5.76. The van der Waals surface area contributed by atoms with Crippen molar-refractivity contribution in [2.75, 3.05) is 13.2 Å². The van der Waals surface area contributed by atoms with E-state index >= 15 is 0 Å². The lowest BCUT2D eigenvalue weighted by atomic mass is 9.93. The Balaban J connectivity index is 1.88. The molecule has 1 N–H and O–H groups in total. The van der Waals surface area contributed by atoms with E-state index in [-0.39, 0.29) is 18.4 Å². The highest BCUT2D eigenvalue weighted by atomic mass is 16.3. The van der Waals surface area contributed by atoms with Crippen molar-refractivity contribution in [3.63, 3.8) is 0 Å². The Morgan fingerprint density at radius 2 is 2.37 bits per heavy atom. The zero-order chi connectivity index (χ0) is 13.7. The first-order chi connectivity index (χ1) is 9.20. The molecule has 19 heavy (non-hydrogen) atoms. The van der Waals surface area contributed by atoms with Crippen LogP contribution < -0.4 is 0 Å². The summed E-state index contributed by atoms with van der Waals surface area (Å²) in [6.45, 7) is 2.97. The molecule has 2 atom stereocenters. The molecule has 2 rings (SSSR count). The average molecular weight is 262 g/mol. The van der Waals surface area contributed by atoms with E-state index in [9.17, 15) is 9.90 Å². The minimum Gasteiger partial charge on any atom is -0.396 e. The molecule has 2 unspecified atom stereocenters. The van der Waals surface area contributed by atoms with E-state index in [1.807, 2.05) is 23.2 Å². The Bertz CT molecular complexity index is 408. The van der Waals surface area contributed by atoms with Crippen LogP contribution in [0, 0.1) is 5.92 Å². The summed E-state index contributed by atoms with van der Waals surface area (Å²) in [6, 6.07) is 4.19. The zero-order valence-corrected chi connectivity index (χ0v) is 11.5. The normalized spacial score (nSPS) is 23.4. The summed E-state index contributed by atoms with van der Waals surface area (Å²) >= 11 is 0. The number of hydrogen-bond donors (Lipinski definition) is 1. The van der Waals surface area contributed by atoms with Gasteiger partial charge in [-0.1, -0.05) is 6.07 Å². The number of hydrogen-bond acceptors (Lipinski definition) is 3. The highest BCUT2D eigenvalue weighted by Gasteiger charge is 2.28. The summed E-state index contributed by atoms with van der Waals surface area (Å²) in [6.07, 6.45) is 6.81. The number of carbonyl (C=O) groups excluding carboxylic acids is 1. The van der Waals surface area contributed by atoms with Gasteiger partial charge in [-0.2, -0.15) is 0 Å². The SMILES string of the molecule is CC1CCC(CO)CN1C(=O)CCc1cccnc1. The fourth-order valence-corrected chi connectivity index (χ4v) is 2.62. The molecular weight excluding hydrogens is 240 g/mol. The van der Waals surface area contributed by atoms with Crippen LogP contribution in [0.4, 0.5) is 0 Å². The molecule has 2 heterocycles. The Labute approximate surface area is 114 Å². The first-order valence-corrected chi connectivity index (χ1v) is 7.00. The van der Waals surface area contributed by atoms with Gasteiger partial charge >= 0.3 is 0 Å². The van der Waals surface area contributed by atoms with E-state index in [0.29, 0.717) is 19.0 Å². The van der Waals surface area contributed by atoms with E-state index in [0.717, 1.165) is 24.8 Å². The second-order valence-electron chi connectivity index (χ2n) is 5.38. The van der Waals surface area contributed by atoms with Gasteiger partial charge in [-0.15, -0.1) is 0 Å². The van der Waals surface area contributed by atoms with Crippen LogP contribution in [0.2, 0.25) is 0 Å². The highest BCUT2D eigenvalue weighted by Crippen LogP contribution is 2.22. The molecule has 0 aromatic carbocycles. The molecule has 0 saturated carbocycles. The molecule has 1 aromatic rings. The van der Waals surface area contributed by atoms with Gasteiger partial charge in [0.25, 0.3) is 0 Å². The van der Waals surface area contributed by atoms with Gasteiger partial charge in [0.05, 0.1) is 0 Å². The average Bonchev–Trinajstić information content (AvgIpc) is 2.46. The zero-order valence-electron chi connectivity index (χ0n) is 11.5. The maximum Gasteiger partial charge on any atom is 0.223 e. The summed E-state index contributed by atoms with van der Waals surface area (Å²) in [4.78, 5) is 18.3. The first kappa shape index (κ1) is 14.0. The smallest absolute Gasteiger partial charge is 0.223 e. The molecule has 1 aliphatic heterocycles. The first-order valence-electron chi connectivity index (χ1n) is 7.00. The Kier molecular flexibility index (Phi) is 4.91. The molecule has 1 amide bonds. The van der Waals surface area contributed by atoms with Crippen LogP contribution in [0.3, 0.4) is 0 Å². The van der Waals surface area contributed by atoms with Crippen molar-refractivity contribution >= 4 is 5.91 Å². The molecule has 1 aliphatic rings. The van der Waals surface area contributed by atoms with Crippen molar-refractivity contribution in [3.05, 3.63) is 30.1 Å². The van der Waals surface area contributed by atoms with Crippen LogP contribution in [0.15, 0.2) is 24.5 Å². The van der Waals surface area contributed by atoms with E-state index < -0.39 is 0 Å². The lowest BCUT2D eigenvalue weighted by molar-refractivity contribution is -0.135. The molecule has 0 aliphatic carbocycles. The van der Waals surface area contributed by atoms with Crippen molar-refractivity contribution in [2.45, 2.75) is 38.6 Å². The molecule has 0 radical (unpaired) electrons. The molecule has 0 bridgehead atoms. The molecule has 4 heteroatoms. The number of carbonyl (C=O) groups is 1. The van der Waals surface area contributed by atoms with Crippen LogP contribution in [-0.4, -0.2) is 40.1 Å². The maximum atomic E-state index is 12.3. The number of amides is 1. The number of aliphatic hydroxyl groups is 1. The van der Waals surface area contributed by atoms with Crippen LogP contribution in [0.5, 0.6) is 0 Å². The van der Waals surface area contributed by atoms with Crippen molar-refractivity contribution in [1.82, 2.24) is 9.88 Å². The molecule has 104 valence electrons. The minimum atomic E-state index is 0.180. The number of piperidine rings is 1. The second-order valence-corrected chi connectivity index (χ2v) is 5.38. The minimum absolute atomic E-state index is 0.180. The second kappa shape index (κ2) is 6.66.